The summed E-state index contributed by atoms with van der Waals surface area (Å²) in [4.78, 5) is 47.9. The van der Waals surface area contributed by atoms with Crippen LogP contribution in [0.5, 0.6) is 0 Å². The molecule has 0 spiro atoms. The highest BCUT2D eigenvalue weighted by atomic mass is 16.6. The molecule has 0 amide bonds. The number of fused-ring (bicyclic) bond motifs is 3. The SMILES string of the molecule is CC(=O)OC[C@@]1(C)[C@H]2CC=C3C(=O)O[C@H](C4=CC(=O)OC4)C[C@H]3[C@]2(C)CC[C@H]1OC(C)=O. The van der Waals surface area contributed by atoms with E-state index in [0.29, 0.717) is 30.4 Å². The quantitative estimate of drug-likeness (QED) is 0.479. The lowest BCUT2D eigenvalue weighted by Crippen LogP contribution is -2.59. The van der Waals surface area contributed by atoms with Gasteiger partial charge in [0, 0.05) is 42.4 Å². The molecule has 0 aromatic rings. The Balaban J connectivity index is 1.68. The second-order valence-electron chi connectivity index (χ2n) is 9.89. The van der Waals surface area contributed by atoms with Gasteiger partial charge in [-0.3, -0.25) is 9.59 Å². The molecule has 1 saturated heterocycles. The van der Waals surface area contributed by atoms with E-state index in [4.69, 9.17) is 18.9 Å². The fourth-order valence-electron chi connectivity index (χ4n) is 6.35. The number of carbonyl (C=O) groups excluding carboxylic acids is 4. The molecule has 4 aliphatic rings. The van der Waals surface area contributed by atoms with Crippen LogP contribution in [0.1, 0.15) is 53.4 Å². The van der Waals surface area contributed by atoms with Crippen LogP contribution < -0.4 is 0 Å². The summed E-state index contributed by atoms with van der Waals surface area (Å²) in [6, 6.07) is 0. The predicted molar refractivity (Wildman–Crippen MR) is 111 cm³/mol. The lowest BCUT2D eigenvalue weighted by Gasteiger charge is -2.60. The Kier molecular flexibility index (Phi) is 5.67. The number of carbonyl (C=O) groups is 4. The zero-order valence-corrected chi connectivity index (χ0v) is 19.0. The highest BCUT2D eigenvalue weighted by Crippen LogP contribution is 2.62. The van der Waals surface area contributed by atoms with Crippen molar-refractivity contribution in [1.29, 1.82) is 0 Å². The molecule has 2 heterocycles. The van der Waals surface area contributed by atoms with Gasteiger partial charge in [-0.2, -0.15) is 0 Å². The van der Waals surface area contributed by atoms with Crippen LogP contribution in [0, 0.1) is 22.7 Å². The smallest absolute Gasteiger partial charge is 0.334 e. The summed E-state index contributed by atoms with van der Waals surface area (Å²) in [6.45, 7) is 7.21. The number of ether oxygens (including phenoxy) is 4. The van der Waals surface area contributed by atoms with E-state index in [1.54, 1.807) is 0 Å². The molecule has 8 nitrogen and oxygen atoms in total. The minimum atomic E-state index is -0.602. The maximum atomic E-state index is 12.9. The Morgan fingerprint density at radius 1 is 1.19 bits per heavy atom. The van der Waals surface area contributed by atoms with E-state index in [2.05, 4.69) is 6.92 Å². The van der Waals surface area contributed by atoms with Crippen molar-refractivity contribution in [1.82, 2.24) is 0 Å². The Bertz CT molecular complexity index is 917. The minimum absolute atomic E-state index is 0.0168. The first-order valence-corrected chi connectivity index (χ1v) is 11.1. The summed E-state index contributed by atoms with van der Waals surface area (Å²) in [5.74, 6) is -1.58. The van der Waals surface area contributed by atoms with Crippen molar-refractivity contribution in [3.8, 4) is 0 Å². The molecule has 32 heavy (non-hydrogen) atoms. The summed E-state index contributed by atoms with van der Waals surface area (Å²) in [6.07, 6.45) is 4.98. The van der Waals surface area contributed by atoms with E-state index in [1.807, 2.05) is 13.0 Å². The summed E-state index contributed by atoms with van der Waals surface area (Å²) in [5, 5.41) is 0. The largest absolute Gasteiger partial charge is 0.465 e. The number of cyclic esters (lactones) is 2. The van der Waals surface area contributed by atoms with Crippen molar-refractivity contribution < 1.29 is 38.1 Å². The van der Waals surface area contributed by atoms with Crippen molar-refractivity contribution in [3.63, 3.8) is 0 Å². The van der Waals surface area contributed by atoms with Crippen molar-refractivity contribution in [3.05, 3.63) is 23.3 Å². The fraction of sp³-hybridized carbons (Fsp3) is 0.667. The normalized spacial score (nSPS) is 38.4. The van der Waals surface area contributed by atoms with E-state index < -0.39 is 17.5 Å². The standard InChI is InChI=1S/C24H30O8/c1-13(25)30-12-24(4)19-6-5-16-17(23(19,3)8-7-20(24)31-14(2)26)10-18(32-22(16)28)15-9-21(27)29-11-15/h5,9,17-20H,6-8,10-12H2,1-4H3/t17-,18+,19+,20-,23+,24+/m1/s1. The topological polar surface area (TPSA) is 105 Å². The van der Waals surface area contributed by atoms with Crippen molar-refractivity contribution in [2.24, 2.45) is 22.7 Å². The summed E-state index contributed by atoms with van der Waals surface area (Å²) in [5.41, 5.74) is 0.461. The van der Waals surface area contributed by atoms with Crippen LogP contribution >= 0.6 is 0 Å². The molecule has 1 saturated carbocycles. The van der Waals surface area contributed by atoms with E-state index in [-0.39, 0.29) is 54.5 Å². The second-order valence-corrected chi connectivity index (χ2v) is 9.89. The highest BCUT2D eigenvalue weighted by Gasteiger charge is 2.61. The van der Waals surface area contributed by atoms with Crippen molar-refractivity contribution in [2.75, 3.05) is 13.2 Å². The molecule has 2 fully saturated rings. The van der Waals surface area contributed by atoms with Gasteiger partial charge in [0.25, 0.3) is 0 Å². The Labute approximate surface area is 187 Å². The summed E-state index contributed by atoms with van der Waals surface area (Å²) in [7, 11) is 0. The van der Waals surface area contributed by atoms with Crippen LogP contribution in [0.2, 0.25) is 0 Å². The number of allylic oxidation sites excluding steroid dienone is 1. The molecule has 2 aliphatic heterocycles. The zero-order chi connectivity index (χ0) is 23.3. The Hall–Kier alpha value is -2.64. The third-order valence-electron chi connectivity index (χ3n) is 7.95. The van der Waals surface area contributed by atoms with Gasteiger partial charge in [-0.1, -0.05) is 19.9 Å². The van der Waals surface area contributed by atoms with Crippen molar-refractivity contribution >= 4 is 23.9 Å². The first kappa shape index (κ1) is 22.6. The van der Waals surface area contributed by atoms with Crippen LogP contribution in [0.25, 0.3) is 0 Å². The van der Waals surface area contributed by atoms with Crippen molar-refractivity contribution in [2.45, 2.75) is 65.6 Å². The molecule has 0 aromatic carbocycles. The van der Waals surface area contributed by atoms with Gasteiger partial charge in [-0.05, 0) is 37.0 Å². The van der Waals surface area contributed by atoms with Gasteiger partial charge in [-0.25, -0.2) is 9.59 Å². The minimum Gasteiger partial charge on any atom is -0.465 e. The average molecular weight is 446 g/mol. The van der Waals surface area contributed by atoms with Gasteiger partial charge in [0.2, 0.25) is 0 Å². The van der Waals surface area contributed by atoms with Gasteiger partial charge in [0.1, 0.15) is 25.4 Å². The lowest BCUT2D eigenvalue weighted by atomic mass is 9.46. The molecule has 0 N–H and O–H groups in total. The maximum absolute atomic E-state index is 12.9. The van der Waals surface area contributed by atoms with Crippen LogP contribution in [0.15, 0.2) is 23.3 Å². The van der Waals surface area contributed by atoms with Crippen LogP contribution in [0.3, 0.4) is 0 Å². The van der Waals surface area contributed by atoms with E-state index in [0.717, 1.165) is 6.42 Å². The summed E-state index contributed by atoms with van der Waals surface area (Å²) >= 11 is 0. The fourth-order valence-corrected chi connectivity index (χ4v) is 6.35. The monoisotopic (exact) mass is 446 g/mol. The molecular formula is C24H30O8. The zero-order valence-electron chi connectivity index (χ0n) is 19.0. The molecule has 0 unspecified atom stereocenters. The molecule has 174 valence electrons. The van der Waals surface area contributed by atoms with E-state index >= 15 is 0 Å². The first-order valence-electron chi connectivity index (χ1n) is 11.1. The average Bonchev–Trinajstić information content (AvgIpc) is 3.15. The van der Waals surface area contributed by atoms with Gasteiger partial charge in [0.15, 0.2) is 0 Å². The third-order valence-corrected chi connectivity index (χ3v) is 7.95. The molecule has 2 aliphatic carbocycles. The van der Waals surface area contributed by atoms with Gasteiger partial charge in [0.05, 0.1) is 0 Å². The third kappa shape index (κ3) is 3.73. The van der Waals surface area contributed by atoms with Gasteiger partial charge in [-0.15, -0.1) is 0 Å². The molecule has 0 radical (unpaired) electrons. The Morgan fingerprint density at radius 3 is 2.56 bits per heavy atom. The van der Waals surface area contributed by atoms with Gasteiger partial charge >= 0.3 is 23.9 Å². The maximum Gasteiger partial charge on any atom is 0.334 e. The summed E-state index contributed by atoms with van der Waals surface area (Å²) < 4.78 is 21.9. The number of rotatable bonds is 4. The molecule has 8 heteroatoms. The number of esters is 4. The Morgan fingerprint density at radius 2 is 1.94 bits per heavy atom. The van der Waals surface area contributed by atoms with Crippen LogP contribution in [-0.2, 0) is 38.1 Å². The number of hydrogen-bond donors (Lipinski definition) is 0. The molecule has 0 bridgehead atoms. The molecule has 0 aromatic heterocycles. The van der Waals surface area contributed by atoms with Crippen LogP contribution in [-0.4, -0.2) is 49.3 Å². The van der Waals surface area contributed by atoms with Crippen LogP contribution in [0.4, 0.5) is 0 Å². The highest BCUT2D eigenvalue weighted by molar-refractivity contribution is 5.91. The van der Waals surface area contributed by atoms with E-state index in [1.165, 1.54) is 19.9 Å². The second kappa shape index (κ2) is 8.05. The van der Waals surface area contributed by atoms with E-state index in [9.17, 15) is 19.2 Å². The molecule has 6 atom stereocenters. The van der Waals surface area contributed by atoms with Gasteiger partial charge < -0.3 is 18.9 Å². The predicted octanol–water partition coefficient (Wildman–Crippen LogP) is 2.65. The first-order chi connectivity index (χ1) is 15.0. The molecule has 4 rings (SSSR count). The lowest BCUT2D eigenvalue weighted by molar-refractivity contribution is -0.192. The molecular weight excluding hydrogens is 416 g/mol. The number of hydrogen-bond acceptors (Lipinski definition) is 8.